The fourth-order valence-electron chi connectivity index (χ4n) is 3.11. The predicted molar refractivity (Wildman–Crippen MR) is 109 cm³/mol. The van der Waals surface area contributed by atoms with E-state index in [1.165, 1.54) is 6.92 Å². The molecule has 3 rings (SSSR count). The molecule has 2 N–H and O–H groups in total. The highest BCUT2D eigenvalue weighted by Crippen LogP contribution is 2.23. The SMILES string of the molecule is CC(=O)Nc1ccc(NC(=O)c2cc(C)ccc2-n2c(C)ccc2C)cc1. The Morgan fingerprint density at radius 2 is 1.33 bits per heavy atom. The zero-order chi connectivity index (χ0) is 19.6. The lowest BCUT2D eigenvalue weighted by Crippen LogP contribution is -2.16. The van der Waals surface area contributed by atoms with Crippen molar-refractivity contribution >= 4 is 23.2 Å². The molecule has 0 radical (unpaired) electrons. The van der Waals surface area contributed by atoms with Gasteiger partial charge < -0.3 is 15.2 Å². The van der Waals surface area contributed by atoms with Gasteiger partial charge in [0.05, 0.1) is 11.3 Å². The van der Waals surface area contributed by atoms with Crippen molar-refractivity contribution in [1.29, 1.82) is 0 Å². The maximum absolute atomic E-state index is 13.0. The second-order valence-electron chi connectivity index (χ2n) is 6.68. The summed E-state index contributed by atoms with van der Waals surface area (Å²) in [5.41, 5.74) is 6.00. The number of carbonyl (C=O) groups excluding carboxylic acids is 2. The van der Waals surface area contributed by atoms with Crippen LogP contribution in [-0.2, 0) is 4.79 Å². The molecule has 27 heavy (non-hydrogen) atoms. The molecule has 138 valence electrons. The average Bonchev–Trinajstić information content (AvgIpc) is 2.95. The van der Waals surface area contributed by atoms with Crippen molar-refractivity contribution in [1.82, 2.24) is 4.57 Å². The standard InChI is InChI=1S/C22H23N3O2/c1-14-5-12-21(25-15(2)6-7-16(25)3)20(13-14)22(27)24-19-10-8-18(9-11-19)23-17(4)26/h5-13H,1-4H3,(H,23,26)(H,24,27). The van der Waals surface area contributed by atoms with E-state index >= 15 is 0 Å². The molecule has 0 fully saturated rings. The van der Waals surface area contributed by atoms with Gasteiger partial charge in [0.15, 0.2) is 0 Å². The molecule has 3 aromatic rings. The summed E-state index contributed by atoms with van der Waals surface area (Å²) >= 11 is 0. The zero-order valence-electron chi connectivity index (χ0n) is 16.0. The van der Waals surface area contributed by atoms with Crippen LogP contribution in [0, 0.1) is 20.8 Å². The van der Waals surface area contributed by atoms with Crippen molar-refractivity contribution in [2.45, 2.75) is 27.7 Å². The van der Waals surface area contributed by atoms with Gasteiger partial charge in [-0.2, -0.15) is 0 Å². The average molecular weight is 361 g/mol. The first kappa shape index (κ1) is 18.5. The van der Waals surface area contributed by atoms with Crippen molar-refractivity contribution in [3.63, 3.8) is 0 Å². The Bertz CT molecular complexity index is 981. The highest BCUT2D eigenvalue weighted by Gasteiger charge is 2.16. The summed E-state index contributed by atoms with van der Waals surface area (Å²) in [4.78, 5) is 24.1. The molecule has 0 bridgehead atoms. The molecule has 1 aromatic heterocycles. The first-order chi connectivity index (χ1) is 12.8. The van der Waals surface area contributed by atoms with E-state index in [1.807, 2.05) is 51.1 Å². The van der Waals surface area contributed by atoms with Crippen molar-refractivity contribution in [3.8, 4) is 5.69 Å². The fraction of sp³-hybridized carbons (Fsp3) is 0.182. The Balaban J connectivity index is 1.91. The second kappa shape index (κ2) is 7.50. The minimum atomic E-state index is -0.173. The third-order valence-electron chi connectivity index (χ3n) is 4.37. The van der Waals surface area contributed by atoms with Crippen LogP contribution in [0.1, 0.15) is 34.2 Å². The van der Waals surface area contributed by atoms with Gasteiger partial charge in [-0.1, -0.05) is 11.6 Å². The van der Waals surface area contributed by atoms with Crippen LogP contribution in [0.2, 0.25) is 0 Å². The number of aryl methyl sites for hydroxylation is 3. The number of nitrogens with zero attached hydrogens (tertiary/aromatic N) is 1. The normalized spacial score (nSPS) is 10.5. The Labute approximate surface area is 159 Å². The molecule has 0 spiro atoms. The molecule has 0 atom stereocenters. The van der Waals surface area contributed by atoms with Gasteiger partial charge in [-0.15, -0.1) is 0 Å². The fourth-order valence-corrected chi connectivity index (χ4v) is 3.11. The molecule has 0 aliphatic rings. The largest absolute Gasteiger partial charge is 0.326 e. The van der Waals surface area contributed by atoms with Crippen molar-refractivity contribution < 1.29 is 9.59 Å². The summed E-state index contributed by atoms with van der Waals surface area (Å²) in [6.07, 6.45) is 0. The second-order valence-corrected chi connectivity index (χ2v) is 6.68. The summed E-state index contributed by atoms with van der Waals surface area (Å²) < 4.78 is 2.08. The van der Waals surface area contributed by atoms with Gasteiger partial charge in [0.2, 0.25) is 5.91 Å². The third-order valence-corrected chi connectivity index (χ3v) is 4.37. The van der Waals surface area contributed by atoms with Gasteiger partial charge in [0.25, 0.3) is 5.91 Å². The van der Waals surface area contributed by atoms with Crippen LogP contribution < -0.4 is 10.6 Å². The van der Waals surface area contributed by atoms with Crippen molar-refractivity contribution in [2.75, 3.05) is 10.6 Å². The van der Waals surface area contributed by atoms with Crippen molar-refractivity contribution in [2.24, 2.45) is 0 Å². The summed E-state index contributed by atoms with van der Waals surface area (Å²) in [7, 11) is 0. The maximum atomic E-state index is 13.0. The molecule has 0 aliphatic heterocycles. The molecule has 1 heterocycles. The minimum Gasteiger partial charge on any atom is -0.326 e. The number of rotatable bonds is 4. The molecular weight excluding hydrogens is 338 g/mol. The topological polar surface area (TPSA) is 63.1 Å². The molecule has 2 aromatic carbocycles. The van der Waals surface area contributed by atoms with Crippen LogP contribution in [0.5, 0.6) is 0 Å². The zero-order valence-corrected chi connectivity index (χ0v) is 16.0. The highest BCUT2D eigenvalue weighted by atomic mass is 16.2. The predicted octanol–water partition coefficient (Wildman–Crippen LogP) is 4.61. The number of nitrogens with one attached hydrogen (secondary N) is 2. The van der Waals surface area contributed by atoms with Gasteiger partial charge in [-0.3, -0.25) is 9.59 Å². The molecule has 0 saturated heterocycles. The first-order valence-electron chi connectivity index (χ1n) is 8.80. The number of benzene rings is 2. The molecule has 2 amide bonds. The minimum absolute atomic E-state index is 0.131. The van der Waals surface area contributed by atoms with E-state index in [-0.39, 0.29) is 11.8 Å². The van der Waals surface area contributed by atoms with E-state index in [9.17, 15) is 9.59 Å². The highest BCUT2D eigenvalue weighted by molar-refractivity contribution is 6.07. The van der Waals surface area contributed by atoms with E-state index in [4.69, 9.17) is 0 Å². The Hall–Kier alpha value is -3.34. The quantitative estimate of drug-likeness (QED) is 0.712. The lowest BCUT2D eigenvalue weighted by molar-refractivity contribution is -0.114. The van der Waals surface area contributed by atoms with Crippen LogP contribution >= 0.6 is 0 Å². The number of hydrogen-bond donors (Lipinski definition) is 2. The maximum Gasteiger partial charge on any atom is 0.257 e. The van der Waals surface area contributed by atoms with Crippen LogP contribution in [0.15, 0.2) is 54.6 Å². The Morgan fingerprint density at radius 3 is 1.89 bits per heavy atom. The van der Waals surface area contributed by atoms with Gasteiger partial charge in [0, 0.05) is 29.7 Å². The number of aromatic nitrogens is 1. The van der Waals surface area contributed by atoms with Gasteiger partial charge in [0.1, 0.15) is 0 Å². The monoisotopic (exact) mass is 361 g/mol. The van der Waals surface area contributed by atoms with E-state index in [1.54, 1.807) is 24.3 Å². The lowest BCUT2D eigenvalue weighted by atomic mass is 10.1. The van der Waals surface area contributed by atoms with Crippen LogP contribution in [0.25, 0.3) is 5.69 Å². The van der Waals surface area contributed by atoms with E-state index in [2.05, 4.69) is 15.2 Å². The smallest absolute Gasteiger partial charge is 0.257 e. The first-order valence-corrected chi connectivity index (χ1v) is 8.80. The van der Waals surface area contributed by atoms with Gasteiger partial charge >= 0.3 is 0 Å². The van der Waals surface area contributed by atoms with Crippen LogP contribution in [0.3, 0.4) is 0 Å². The van der Waals surface area contributed by atoms with E-state index in [0.717, 1.165) is 22.6 Å². The summed E-state index contributed by atoms with van der Waals surface area (Å²) in [6.45, 7) is 7.48. The number of amides is 2. The summed E-state index contributed by atoms with van der Waals surface area (Å²) in [6, 6.07) is 17.0. The summed E-state index contributed by atoms with van der Waals surface area (Å²) in [5.74, 6) is -0.304. The number of anilines is 2. The lowest BCUT2D eigenvalue weighted by Gasteiger charge is -2.16. The van der Waals surface area contributed by atoms with Crippen LogP contribution in [-0.4, -0.2) is 16.4 Å². The molecular formula is C22H23N3O2. The number of carbonyl (C=O) groups is 2. The van der Waals surface area contributed by atoms with E-state index < -0.39 is 0 Å². The van der Waals surface area contributed by atoms with Crippen LogP contribution in [0.4, 0.5) is 11.4 Å². The van der Waals surface area contributed by atoms with Crippen molar-refractivity contribution in [3.05, 3.63) is 77.1 Å². The molecule has 5 heteroatoms. The third kappa shape index (κ3) is 4.08. The molecule has 0 aliphatic carbocycles. The van der Waals surface area contributed by atoms with E-state index in [0.29, 0.717) is 16.9 Å². The molecule has 5 nitrogen and oxygen atoms in total. The molecule has 0 saturated carbocycles. The Kier molecular flexibility index (Phi) is 5.12. The molecule has 0 unspecified atom stereocenters. The number of hydrogen-bond acceptors (Lipinski definition) is 2. The summed E-state index contributed by atoms with van der Waals surface area (Å²) in [5, 5.41) is 5.65. The van der Waals surface area contributed by atoms with Gasteiger partial charge in [-0.05, 0) is 69.3 Å². The van der Waals surface area contributed by atoms with Gasteiger partial charge in [-0.25, -0.2) is 0 Å². The Morgan fingerprint density at radius 1 is 0.778 bits per heavy atom.